The molecule has 33 heavy (non-hydrogen) atoms. The number of fused-ring (bicyclic) bond motifs is 1. The number of aromatic nitrogens is 1. The van der Waals surface area contributed by atoms with Gasteiger partial charge in [0, 0.05) is 28.2 Å². The molecule has 6 nitrogen and oxygen atoms in total. The van der Waals surface area contributed by atoms with Crippen LogP contribution in [0.25, 0.3) is 0 Å². The number of ether oxygens (including phenoxy) is 2. The molecule has 0 saturated carbocycles. The van der Waals surface area contributed by atoms with E-state index in [1.54, 1.807) is 18.7 Å². The van der Waals surface area contributed by atoms with Gasteiger partial charge in [0.2, 0.25) is 11.8 Å². The predicted molar refractivity (Wildman–Crippen MR) is 133 cm³/mol. The summed E-state index contributed by atoms with van der Waals surface area (Å²) in [6.07, 6.45) is 1.45. The number of anilines is 1. The summed E-state index contributed by atoms with van der Waals surface area (Å²) >= 11 is 3.53. The Morgan fingerprint density at radius 1 is 1.15 bits per heavy atom. The minimum atomic E-state index is -0.917. The van der Waals surface area contributed by atoms with Crippen LogP contribution in [0.4, 0.5) is 5.69 Å². The molecule has 1 aromatic carbocycles. The van der Waals surface area contributed by atoms with Gasteiger partial charge in [-0.25, -0.2) is 4.98 Å². The number of amides is 1. The van der Waals surface area contributed by atoms with Crippen molar-refractivity contribution >= 4 is 33.5 Å². The summed E-state index contributed by atoms with van der Waals surface area (Å²) in [4.78, 5) is 32.9. The number of halogens is 1. The van der Waals surface area contributed by atoms with E-state index in [0.29, 0.717) is 5.88 Å². The lowest BCUT2D eigenvalue weighted by Crippen LogP contribution is -2.50. The number of rotatable bonds is 7. The lowest BCUT2D eigenvalue weighted by molar-refractivity contribution is -0.155. The van der Waals surface area contributed by atoms with Gasteiger partial charge >= 0.3 is 5.97 Å². The zero-order valence-electron chi connectivity index (χ0n) is 20.5. The van der Waals surface area contributed by atoms with Crippen molar-refractivity contribution in [1.82, 2.24) is 4.98 Å². The van der Waals surface area contributed by atoms with Gasteiger partial charge in [0.1, 0.15) is 11.7 Å². The van der Waals surface area contributed by atoms with Gasteiger partial charge < -0.3 is 14.4 Å². The number of aryl methyl sites for hydroxylation is 3. The fourth-order valence-electron chi connectivity index (χ4n) is 4.41. The van der Waals surface area contributed by atoms with Crippen LogP contribution in [-0.4, -0.2) is 29.0 Å². The maximum absolute atomic E-state index is 13.6. The van der Waals surface area contributed by atoms with E-state index in [2.05, 4.69) is 34.8 Å². The molecule has 0 N–H and O–H groups in total. The fourth-order valence-corrected chi connectivity index (χ4v) is 5.09. The van der Waals surface area contributed by atoms with E-state index in [9.17, 15) is 9.59 Å². The standard InChI is InChI=1S/C26H33BrN2O4/c1-8-19(9-2)29-22-12-17(7)28-24(33-23-15(5)10-18(27)11-16(23)6)20(22)13-21(25(29)30)26(31)32-14(3)4/h10-12,14,19,21H,8-9,13H2,1-7H3. The number of carbonyl (C=O) groups excluding carboxylic acids is 2. The highest BCUT2D eigenvalue weighted by atomic mass is 79.9. The van der Waals surface area contributed by atoms with Crippen LogP contribution in [0.2, 0.25) is 0 Å². The average Bonchev–Trinajstić information content (AvgIpc) is 2.72. The Kier molecular flexibility index (Phi) is 7.83. The van der Waals surface area contributed by atoms with Gasteiger partial charge in [0.05, 0.1) is 11.8 Å². The summed E-state index contributed by atoms with van der Waals surface area (Å²) in [7, 11) is 0. The van der Waals surface area contributed by atoms with Crippen molar-refractivity contribution in [3.8, 4) is 11.6 Å². The summed E-state index contributed by atoms with van der Waals surface area (Å²) < 4.78 is 12.8. The summed E-state index contributed by atoms with van der Waals surface area (Å²) in [5.41, 5.74) is 4.23. The van der Waals surface area contributed by atoms with Crippen molar-refractivity contribution in [1.29, 1.82) is 0 Å². The third-order valence-corrected chi connectivity index (χ3v) is 6.42. The molecule has 0 aliphatic carbocycles. The lowest BCUT2D eigenvalue weighted by atomic mass is 9.89. The van der Waals surface area contributed by atoms with Crippen molar-refractivity contribution in [2.45, 2.75) is 79.9 Å². The van der Waals surface area contributed by atoms with Crippen LogP contribution in [0.3, 0.4) is 0 Å². The number of hydrogen-bond donors (Lipinski definition) is 0. The highest BCUT2D eigenvalue weighted by Gasteiger charge is 2.42. The van der Waals surface area contributed by atoms with Crippen LogP contribution in [0.15, 0.2) is 22.7 Å². The summed E-state index contributed by atoms with van der Waals surface area (Å²) in [6.45, 7) is 13.5. The van der Waals surface area contributed by atoms with Gasteiger partial charge in [-0.1, -0.05) is 29.8 Å². The third-order valence-electron chi connectivity index (χ3n) is 5.96. The molecule has 1 aliphatic rings. The number of esters is 1. The smallest absolute Gasteiger partial charge is 0.319 e. The number of carbonyl (C=O) groups is 2. The minimum Gasteiger partial charge on any atom is -0.462 e. The first kappa shape index (κ1) is 25.2. The Morgan fingerprint density at radius 2 is 1.76 bits per heavy atom. The number of nitrogens with zero attached hydrogens (tertiary/aromatic N) is 2. The van der Waals surface area contributed by atoms with Crippen molar-refractivity contribution < 1.29 is 19.1 Å². The number of benzene rings is 1. The second-order valence-electron chi connectivity index (χ2n) is 8.96. The highest BCUT2D eigenvalue weighted by Crippen LogP contribution is 2.41. The molecule has 1 unspecified atom stereocenters. The van der Waals surface area contributed by atoms with Crippen molar-refractivity contribution in [3.63, 3.8) is 0 Å². The molecule has 0 radical (unpaired) electrons. The molecule has 0 spiro atoms. The molecular weight excluding hydrogens is 484 g/mol. The molecule has 1 atom stereocenters. The fraction of sp³-hybridized carbons (Fsp3) is 0.500. The van der Waals surface area contributed by atoms with Gasteiger partial charge in [-0.15, -0.1) is 0 Å². The summed E-state index contributed by atoms with van der Waals surface area (Å²) in [6, 6.07) is 5.88. The quantitative estimate of drug-likeness (QED) is 0.323. The van der Waals surface area contributed by atoms with Crippen molar-refractivity contribution in [2.24, 2.45) is 5.92 Å². The third kappa shape index (κ3) is 5.24. The SMILES string of the molecule is CCC(CC)N1C(=O)C(C(=O)OC(C)C)Cc2c1cc(C)nc2Oc1c(C)cc(Br)cc1C. The Labute approximate surface area is 204 Å². The summed E-state index contributed by atoms with van der Waals surface area (Å²) in [5.74, 6) is -0.469. The van der Waals surface area contributed by atoms with Crippen LogP contribution in [0, 0.1) is 26.7 Å². The van der Waals surface area contributed by atoms with Gasteiger partial charge in [0.25, 0.3) is 0 Å². The Hall–Kier alpha value is -2.41. The van der Waals surface area contributed by atoms with E-state index in [-0.39, 0.29) is 24.5 Å². The zero-order chi connectivity index (χ0) is 24.4. The molecule has 7 heteroatoms. The molecule has 3 rings (SSSR count). The normalized spacial score (nSPS) is 15.8. The number of hydrogen-bond acceptors (Lipinski definition) is 5. The molecular formula is C26H33BrN2O4. The van der Waals surface area contributed by atoms with Gasteiger partial charge in [-0.3, -0.25) is 9.59 Å². The van der Waals surface area contributed by atoms with E-state index >= 15 is 0 Å². The van der Waals surface area contributed by atoms with Crippen LogP contribution in [0.1, 0.15) is 62.9 Å². The minimum absolute atomic E-state index is 0.0308. The molecule has 0 bridgehead atoms. The maximum atomic E-state index is 13.6. The van der Waals surface area contributed by atoms with Crippen LogP contribution in [0.5, 0.6) is 11.6 Å². The van der Waals surface area contributed by atoms with Crippen LogP contribution >= 0.6 is 15.9 Å². The Balaban J connectivity index is 2.16. The van der Waals surface area contributed by atoms with Crippen LogP contribution in [-0.2, 0) is 20.7 Å². The van der Waals surface area contributed by atoms with Crippen molar-refractivity contribution in [2.75, 3.05) is 4.90 Å². The Bertz CT molecular complexity index is 1040. The number of pyridine rings is 1. The van der Waals surface area contributed by atoms with E-state index in [1.807, 2.05) is 39.0 Å². The average molecular weight is 517 g/mol. The molecule has 1 aliphatic heterocycles. The topological polar surface area (TPSA) is 68.7 Å². The molecule has 0 saturated heterocycles. The molecule has 0 fully saturated rings. The highest BCUT2D eigenvalue weighted by molar-refractivity contribution is 9.10. The Morgan fingerprint density at radius 3 is 2.30 bits per heavy atom. The van der Waals surface area contributed by atoms with E-state index in [0.717, 1.165) is 51.1 Å². The first-order chi connectivity index (χ1) is 15.6. The van der Waals surface area contributed by atoms with Crippen LogP contribution < -0.4 is 9.64 Å². The predicted octanol–water partition coefficient (Wildman–Crippen LogP) is 6.21. The van der Waals surface area contributed by atoms with Gasteiger partial charge in [-0.05, 0) is 76.8 Å². The first-order valence-electron chi connectivity index (χ1n) is 11.6. The second kappa shape index (κ2) is 10.2. The molecule has 178 valence electrons. The lowest BCUT2D eigenvalue weighted by Gasteiger charge is -2.38. The molecule has 1 aromatic heterocycles. The molecule has 2 heterocycles. The zero-order valence-corrected chi connectivity index (χ0v) is 22.1. The largest absolute Gasteiger partial charge is 0.462 e. The van der Waals surface area contributed by atoms with Crippen molar-refractivity contribution in [3.05, 3.63) is 45.1 Å². The van der Waals surface area contributed by atoms with Gasteiger partial charge in [0.15, 0.2) is 0 Å². The monoisotopic (exact) mass is 516 g/mol. The second-order valence-corrected chi connectivity index (χ2v) is 9.87. The van der Waals surface area contributed by atoms with E-state index in [4.69, 9.17) is 9.47 Å². The van der Waals surface area contributed by atoms with E-state index in [1.165, 1.54) is 0 Å². The molecule has 2 aromatic rings. The maximum Gasteiger partial charge on any atom is 0.319 e. The van der Waals surface area contributed by atoms with E-state index < -0.39 is 11.9 Å². The molecule has 1 amide bonds. The van der Waals surface area contributed by atoms with Gasteiger partial charge in [-0.2, -0.15) is 0 Å². The summed E-state index contributed by atoms with van der Waals surface area (Å²) in [5, 5.41) is 0. The first-order valence-corrected chi connectivity index (χ1v) is 12.3.